The maximum Gasteiger partial charge on any atom is 0.0756 e. The van der Waals surface area contributed by atoms with Crippen molar-refractivity contribution >= 4 is 27.3 Å². The van der Waals surface area contributed by atoms with Gasteiger partial charge < -0.3 is 5.32 Å². The minimum Gasteiger partial charge on any atom is -0.308 e. The lowest BCUT2D eigenvalue weighted by molar-refractivity contribution is 0.596. The molecule has 0 spiro atoms. The van der Waals surface area contributed by atoms with Gasteiger partial charge in [-0.2, -0.15) is 5.10 Å². The van der Waals surface area contributed by atoms with E-state index < -0.39 is 0 Å². The molecule has 90 valence electrons. The number of hydrogen-bond donors (Lipinski definition) is 1. The van der Waals surface area contributed by atoms with Gasteiger partial charge in [-0.05, 0) is 47.0 Å². The van der Waals surface area contributed by atoms with Gasteiger partial charge in [0.1, 0.15) is 0 Å². The van der Waals surface area contributed by atoms with Crippen LogP contribution in [-0.2, 0) is 13.1 Å². The van der Waals surface area contributed by atoms with Gasteiger partial charge >= 0.3 is 0 Å². The van der Waals surface area contributed by atoms with Gasteiger partial charge in [-0.1, -0.05) is 0 Å². The van der Waals surface area contributed by atoms with E-state index in [-0.39, 0.29) is 0 Å². The molecule has 3 nitrogen and oxygen atoms in total. The van der Waals surface area contributed by atoms with Crippen LogP contribution in [0.25, 0.3) is 0 Å². The molecule has 0 saturated heterocycles. The van der Waals surface area contributed by atoms with Crippen molar-refractivity contribution in [3.05, 3.63) is 38.8 Å². The van der Waals surface area contributed by atoms with Crippen molar-refractivity contribution in [3.63, 3.8) is 0 Å². The van der Waals surface area contributed by atoms with Crippen LogP contribution in [0.2, 0.25) is 0 Å². The molecule has 0 atom stereocenters. The molecule has 0 amide bonds. The number of rotatable bonds is 5. The van der Waals surface area contributed by atoms with Crippen LogP contribution >= 0.6 is 27.3 Å². The standard InChI is InChI=1S/C12H14BrN3S/c13-12-4-3-11(17-12)8-16-10(5-6-15-16)7-14-9-1-2-9/h3-6,9,14H,1-2,7-8H2. The van der Waals surface area contributed by atoms with Crippen molar-refractivity contribution in [2.75, 3.05) is 0 Å². The van der Waals surface area contributed by atoms with E-state index in [1.165, 1.54) is 27.2 Å². The summed E-state index contributed by atoms with van der Waals surface area (Å²) in [5, 5.41) is 7.91. The van der Waals surface area contributed by atoms with Gasteiger partial charge in [-0.3, -0.25) is 4.68 Å². The summed E-state index contributed by atoms with van der Waals surface area (Å²) >= 11 is 5.26. The number of hydrogen-bond acceptors (Lipinski definition) is 3. The van der Waals surface area contributed by atoms with Gasteiger partial charge in [0.05, 0.1) is 16.0 Å². The number of nitrogens with one attached hydrogen (secondary N) is 1. The molecule has 1 aliphatic carbocycles. The average Bonchev–Trinajstić information content (AvgIpc) is 2.90. The maximum atomic E-state index is 4.39. The molecule has 1 fully saturated rings. The van der Waals surface area contributed by atoms with Crippen LogP contribution in [0, 0.1) is 0 Å². The van der Waals surface area contributed by atoms with Crippen molar-refractivity contribution in [1.29, 1.82) is 0 Å². The summed E-state index contributed by atoms with van der Waals surface area (Å²) in [6, 6.07) is 7.08. The summed E-state index contributed by atoms with van der Waals surface area (Å²) in [5.41, 5.74) is 1.27. The minimum atomic E-state index is 0.745. The largest absolute Gasteiger partial charge is 0.308 e. The summed E-state index contributed by atoms with van der Waals surface area (Å²) in [4.78, 5) is 1.33. The Morgan fingerprint density at radius 2 is 2.29 bits per heavy atom. The molecule has 2 aromatic heterocycles. The van der Waals surface area contributed by atoms with Crippen molar-refractivity contribution in [1.82, 2.24) is 15.1 Å². The molecule has 0 bridgehead atoms. The predicted molar refractivity (Wildman–Crippen MR) is 73.2 cm³/mol. The van der Waals surface area contributed by atoms with Gasteiger partial charge in [-0.25, -0.2) is 0 Å². The Morgan fingerprint density at radius 3 is 3.00 bits per heavy atom. The Morgan fingerprint density at radius 1 is 1.41 bits per heavy atom. The van der Waals surface area contributed by atoms with Crippen LogP contribution in [0.4, 0.5) is 0 Å². The molecule has 0 radical (unpaired) electrons. The Kier molecular flexibility index (Phi) is 3.31. The fraction of sp³-hybridized carbons (Fsp3) is 0.417. The van der Waals surface area contributed by atoms with Crippen LogP contribution in [0.1, 0.15) is 23.4 Å². The van der Waals surface area contributed by atoms with Crippen molar-refractivity contribution in [3.8, 4) is 0 Å². The molecule has 0 unspecified atom stereocenters. The van der Waals surface area contributed by atoms with E-state index in [4.69, 9.17) is 0 Å². The highest BCUT2D eigenvalue weighted by Gasteiger charge is 2.20. The van der Waals surface area contributed by atoms with Gasteiger partial charge in [0.25, 0.3) is 0 Å². The third kappa shape index (κ3) is 2.97. The molecule has 1 aliphatic rings. The van der Waals surface area contributed by atoms with Gasteiger partial charge in [-0.15, -0.1) is 11.3 Å². The molecule has 0 aromatic carbocycles. The Balaban J connectivity index is 1.67. The highest BCUT2D eigenvalue weighted by atomic mass is 79.9. The number of halogens is 1. The first-order valence-electron chi connectivity index (χ1n) is 5.79. The zero-order chi connectivity index (χ0) is 11.7. The molecule has 0 aliphatic heterocycles. The SMILES string of the molecule is Brc1ccc(Cn2nccc2CNC2CC2)s1. The smallest absolute Gasteiger partial charge is 0.0756 e. The van der Waals surface area contributed by atoms with Crippen molar-refractivity contribution in [2.45, 2.75) is 32.0 Å². The van der Waals surface area contributed by atoms with E-state index in [0.717, 1.165) is 19.1 Å². The van der Waals surface area contributed by atoms with E-state index >= 15 is 0 Å². The summed E-state index contributed by atoms with van der Waals surface area (Å²) < 4.78 is 3.26. The Bertz CT molecular complexity index is 501. The molecular formula is C12H14BrN3S. The molecule has 1 saturated carbocycles. The quantitative estimate of drug-likeness (QED) is 0.920. The molecular weight excluding hydrogens is 298 g/mol. The number of nitrogens with zero attached hydrogens (tertiary/aromatic N) is 2. The third-order valence-electron chi connectivity index (χ3n) is 2.89. The van der Waals surface area contributed by atoms with E-state index in [1.54, 1.807) is 11.3 Å². The minimum absolute atomic E-state index is 0.745. The summed E-state index contributed by atoms with van der Waals surface area (Å²) in [6.45, 7) is 1.79. The molecule has 5 heteroatoms. The highest BCUT2D eigenvalue weighted by Crippen LogP contribution is 2.23. The van der Waals surface area contributed by atoms with Gasteiger partial charge in [0, 0.05) is 23.7 Å². The highest BCUT2D eigenvalue weighted by molar-refractivity contribution is 9.11. The molecule has 1 N–H and O–H groups in total. The molecule has 2 heterocycles. The first kappa shape index (κ1) is 11.4. The summed E-state index contributed by atoms with van der Waals surface area (Å²) in [7, 11) is 0. The number of thiophene rings is 1. The lowest BCUT2D eigenvalue weighted by Crippen LogP contribution is -2.18. The second-order valence-corrected chi connectivity index (χ2v) is 6.89. The van der Waals surface area contributed by atoms with Gasteiger partial charge in [0.15, 0.2) is 0 Å². The maximum absolute atomic E-state index is 4.39. The normalized spacial score (nSPS) is 15.4. The lowest BCUT2D eigenvalue weighted by Gasteiger charge is -2.06. The Labute approximate surface area is 113 Å². The van der Waals surface area contributed by atoms with Crippen LogP contribution in [0.3, 0.4) is 0 Å². The van der Waals surface area contributed by atoms with E-state index in [2.05, 4.69) is 49.2 Å². The monoisotopic (exact) mass is 311 g/mol. The predicted octanol–water partition coefficient (Wildman–Crippen LogP) is 3.01. The van der Waals surface area contributed by atoms with Crippen LogP contribution in [0.15, 0.2) is 28.2 Å². The average molecular weight is 312 g/mol. The first-order chi connectivity index (χ1) is 8.31. The second-order valence-electron chi connectivity index (χ2n) is 4.34. The van der Waals surface area contributed by atoms with E-state index in [9.17, 15) is 0 Å². The zero-order valence-corrected chi connectivity index (χ0v) is 11.8. The van der Waals surface area contributed by atoms with Crippen LogP contribution < -0.4 is 5.32 Å². The molecule has 2 aromatic rings. The second kappa shape index (κ2) is 4.92. The fourth-order valence-electron chi connectivity index (χ4n) is 1.77. The van der Waals surface area contributed by atoms with E-state index in [0.29, 0.717) is 0 Å². The molecule has 3 rings (SSSR count). The fourth-order valence-corrected chi connectivity index (χ4v) is 3.24. The van der Waals surface area contributed by atoms with Crippen LogP contribution in [0.5, 0.6) is 0 Å². The van der Waals surface area contributed by atoms with Crippen LogP contribution in [-0.4, -0.2) is 15.8 Å². The zero-order valence-electron chi connectivity index (χ0n) is 9.40. The first-order valence-corrected chi connectivity index (χ1v) is 7.40. The van der Waals surface area contributed by atoms with Crippen molar-refractivity contribution in [2.24, 2.45) is 0 Å². The Hall–Kier alpha value is -0.650. The lowest BCUT2D eigenvalue weighted by atomic mass is 10.4. The van der Waals surface area contributed by atoms with Gasteiger partial charge in [0.2, 0.25) is 0 Å². The third-order valence-corrected chi connectivity index (χ3v) is 4.50. The topological polar surface area (TPSA) is 29.9 Å². The summed E-state index contributed by atoms with van der Waals surface area (Å²) in [6.07, 6.45) is 4.53. The summed E-state index contributed by atoms with van der Waals surface area (Å²) in [5.74, 6) is 0. The van der Waals surface area contributed by atoms with Crippen molar-refractivity contribution < 1.29 is 0 Å². The number of aromatic nitrogens is 2. The van der Waals surface area contributed by atoms with E-state index in [1.807, 2.05) is 6.20 Å². The molecule has 17 heavy (non-hydrogen) atoms.